The largest absolute Gasteiger partial charge is 0.507 e. The van der Waals surface area contributed by atoms with Crippen molar-refractivity contribution >= 4 is 17.4 Å². The molecule has 0 saturated carbocycles. The number of benzene rings is 1. The number of methoxy groups -OCH3 is 1. The minimum atomic E-state index is -0.816. The highest BCUT2D eigenvalue weighted by Crippen LogP contribution is 2.40. The summed E-state index contributed by atoms with van der Waals surface area (Å²) in [4.78, 5) is 26.9. The second-order valence-corrected chi connectivity index (χ2v) is 7.34. The molecule has 1 fully saturated rings. The number of likely N-dealkylation sites (tertiary alicyclic amines) is 1. The first-order valence-electron chi connectivity index (χ1n) is 9.98. The second kappa shape index (κ2) is 9.17. The first-order chi connectivity index (χ1) is 14.4. The van der Waals surface area contributed by atoms with Crippen LogP contribution >= 0.6 is 0 Å². The van der Waals surface area contributed by atoms with Crippen molar-refractivity contribution in [3.63, 3.8) is 0 Å². The molecule has 0 aliphatic carbocycles. The summed E-state index contributed by atoms with van der Waals surface area (Å²) in [6.07, 6.45) is 1.47. The summed E-state index contributed by atoms with van der Waals surface area (Å²) in [6.45, 7) is 6.92. The van der Waals surface area contributed by atoms with E-state index in [1.165, 1.54) is 18.3 Å². The van der Waals surface area contributed by atoms with Gasteiger partial charge in [0.2, 0.25) is 0 Å². The number of aliphatic hydroxyl groups is 1. The number of nitrogens with zero attached hydrogens (tertiary/aromatic N) is 1. The lowest BCUT2D eigenvalue weighted by molar-refractivity contribution is -0.140. The van der Waals surface area contributed by atoms with Crippen molar-refractivity contribution in [2.45, 2.75) is 32.7 Å². The fraction of sp³-hybridized carbons (Fsp3) is 0.391. The SMILES string of the molecule is CCOc1ccc(/C(O)=C2/C(=O)C(=O)N(CCOC)C2c2ccco2)cc1C(C)C. The molecule has 0 bridgehead atoms. The standard InChI is InChI=1S/C23H27NO6/c1-5-29-17-9-8-15(13-16(17)14(2)3)21(25)19-20(18-7-6-11-30-18)24(10-12-28-4)23(27)22(19)26/h6-9,11,13-14,20,25H,5,10,12H2,1-4H3/b21-19-. The van der Waals surface area contributed by atoms with Crippen LogP contribution in [0.15, 0.2) is 46.6 Å². The highest BCUT2D eigenvalue weighted by molar-refractivity contribution is 6.46. The average molecular weight is 413 g/mol. The van der Waals surface area contributed by atoms with E-state index in [0.29, 0.717) is 17.9 Å². The molecule has 7 nitrogen and oxygen atoms in total. The predicted octanol–water partition coefficient (Wildman–Crippen LogP) is 3.87. The molecular weight excluding hydrogens is 386 g/mol. The molecule has 1 aliphatic rings. The molecule has 7 heteroatoms. The third kappa shape index (κ3) is 3.98. The van der Waals surface area contributed by atoms with E-state index in [2.05, 4.69) is 0 Å². The number of ketones is 1. The number of aliphatic hydroxyl groups excluding tert-OH is 1. The van der Waals surface area contributed by atoms with Crippen LogP contribution in [0.25, 0.3) is 5.76 Å². The molecule has 1 aliphatic heterocycles. The number of furan rings is 1. The maximum Gasteiger partial charge on any atom is 0.295 e. The number of hydrogen-bond acceptors (Lipinski definition) is 6. The van der Waals surface area contributed by atoms with Gasteiger partial charge in [0.25, 0.3) is 11.7 Å². The molecule has 1 aromatic carbocycles. The first-order valence-corrected chi connectivity index (χ1v) is 9.98. The quantitative estimate of drug-likeness (QED) is 0.401. The lowest BCUT2D eigenvalue weighted by Gasteiger charge is -2.23. The molecule has 1 unspecified atom stereocenters. The lowest BCUT2D eigenvalue weighted by Crippen LogP contribution is -2.32. The summed E-state index contributed by atoms with van der Waals surface area (Å²) in [5.41, 5.74) is 1.36. The van der Waals surface area contributed by atoms with Crippen molar-refractivity contribution in [3.05, 3.63) is 59.1 Å². The van der Waals surface area contributed by atoms with Crippen molar-refractivity contribution < 1.29 is 28.6 Å². The van der Waals surface area contributed by atoms with Crippen LogP contribution in [0.3, 0.4) is 0 Å². The van der Waals surface area contributed by atoms with Gasteiger partial charge >= 0.3 is 0 Å². The molecule has 3 rings (SSSR count). The Morgan fingerprint density at radius 3 is 2.63 bits per heavy atom. The Hall–Kier alpha value is -3.06. The average Bonchev–Trinajstić information content (AvgIpc) is 3.34. The van der Waals surface area contributed by atoms with Crippen LogP contribution in [-0.2, 0) is 14.3 Å². The van der Waals surface area contributed by atoms with E-state index in [1.807, 2.05) is 20.8 Å². The lowest BCUT2D eigenvalue weighted by atomic mass is 9.95. The number of amides is 1. The predicted molar refractivity (Wildman–Crippen MR) is 111 cm³/mol. The minimum absolute atomic E-state index is 0.00455. The van der Waals surface area contributed by atoms with Crippen LogP contribution in [0.1, 0.15) is 49.6 Å². The third-order valence-corrected chi connectivity index (χ3v) is 5.09. The van der Waals surface area contributed by atoms with Gasteiger partial charge in [-0.3, -0.25) is 9.59 Å². The topological polar surface area (TPSA) is 89.2 Å². The number of rotatable bonds is 8. The van der Waals surface area contributed by atoms with Gasteiger partial charge in [0.05, 0.1) is 25.1 Å². The number of hydrogen-bond donors (Lipinski definition) is 1. The Kier molecular flexibility index (Phi) is 6.62. The van der Waals surface area contributed by atoms with Crippen LogP contribution in [-0.4, -0.2) is 48.6 Å². The van der Waals surface area contributed by atoms with Gasteiger partial charge < -0.3 is 23.9 Å². The minimum Gasteiger partial charge on any atom is -0.507 e. The zero-order valence-corrected chi connectivity index (χ0v) is 17.7. The van der Waals surface area contributed by atoms with Crippen molar-refractivity contribution in [2.75, 3.05) is 26.9 Å². The van der Waals surface area contributed by atoms with E-state index in [9.17, 15) is 14.7 Å². The molecule has 2 aromatic rings. The molecule has 1 N–H and O–H groups in total. The van der Waals surface area contributed by atoms with Crippen LogP contribution in [0.2, 0.25) is 0 Å². The Morgan fingerprint density at radius 2 is 2.03 bits per heavy atom. The van der Waals surface area contributed by atoms with Crippen molar-refractivity contribution in [2.24, 2.45) is 0 Å². The molecule has 2 heterocycles. The highest BCUT2D eigenvalue weighted by Gasteiger charge is 2.47. The summed E-state index contributed by atoms with van der Waals surface area (Å²) >= 11 is 0. The molecule has 1 amide bonds. The van der Waals surface area contributed by atoms with Crippen LogP contribution in [0, 0.1) is 0 Å². The smallest absolute Gasteiger partial charge is 0.295 e. The first kappa shape index (κ1) is 21.6. The van der Waals surface area contributed by atoms with E-state index >= 15 is 0 Å². The van der Waals surface area contributed by atoms with Crippen molar-refractivity contribution in [3.8, 4) is 5.75 Å². The number of carbonyl (C=O) groups excluding carboxylic acids is 2. The summed E-state index contributed by atoms with van der Waals surface area (Å²) in [7, 11) is 1.52. The molecule has 0 spiro atoms. The zero-order chi connectivity index (χ0) is 21.8. The fourth-order valence-corrected chi connectivity index (χ4v) is 3.63. The number of carbonyl (C=O) groups is 2. The fourth-order valence-electron chi connectivity index (χ4n) is 3.63. The zero-order valence-electron chi connectivity index (χ0n) is 17.7. The van der Waals surface area contributed by atoms with E-state index in [4.69, 9.17) is 13.9 Å². The van der Waals surface area contributed by atoms with Gasteiger partial charge in [0, 0.05) is 19.2 Å². The molecular formula is C23H27NO6. The summed E-state index contributed by atoms with van der Waals surface area (Å²) < 4.78 is 16.3. The van der Waals surface area contributed by atoms with Gasteiger partial charge in [0.1, 0.15) is 23.3 Å². The molecule has 30 heavy (non-hydrogen) atoms. The molecule has 1 atom stereocenters. The monoisotopic (exact) mass is 413 g/mol. The Bertz CT molecular complexity index is 945. The normalized spacial score (nSPS) is 18.4. The molecule has 160 valence electrons. The van der Waals surface area contributed by atoms with E-state index in [0.717, 1.165) is 11.3 Å². The highest BCUT2D eigenvalue weighted by atomic mass is 16.5. The number of Topliss-reactive ketones (excluding diaryl/α,β-unsaturated/α-hetero) is 1. The van der Waals surface area contributed by atoms with Gasteiger partial charge in [-0.2, -0.15) is 0 Å². The molecule has 1 aromatic heterocycles. The van der Waals surface area contributed by atoms with Crippen molar-refractivity contribution in [1.29, 1.82) is 0 Å². The summed E-state index contributed by atoms with van der Waals surface area (Å²) in [5.74, 6) is -0.395. The van der Waals surface area contributed by atoms with Gasteiger partial charge in [0.15, 0.2) is 0 Å². The molecule has 1 saturated heterocycles. The van der Waals surface area contributed by atoms with Crippen LogP contribution < -0.4 is 4.74 Å². The van der Waals surface area contributed by atoms with E-state index in [1.54, 1.807) is 30.3 Å². The maximum absolute atomic E-state index is 12.9. The van der Waals surface area contributed by atoms with Crippen LogP contribution in [0.5, 0.6) is 5.75 Å². The van der Waals surface area contributed by atoms with Crippen molar-refractivity contribution in [1.82, 2.24) is 4.90 Å². The van der Waals surface area contributed by atoms with Gasteiger partial charge in [-0.25, -0.2) is 0 Å². The maximum atomic E-state index is 12.9. The van der Waals surface area contributed by atoms with Gasteiger partial charge in [-0.05, 0) is 48.7 Å². The van der Waals surface area contributed by atoms with E-state index < -0.39 is 17.7 Å². The molecule has 0 radical (unpaired) electrons. The van der Waals surface area contributed by atoms with E-state index in [-0.39, 0.29) is 30.4 Å². The van der Waals surface area contributed by atoms with Gasteiger partial charge in [-0.15, -0.1) is 0 Å². The Labute approximate surface area is 175 Å². The van der Waals surface area contributed by atoms with Crippen LogP contribution in [0.4, 0.5) is 0 Å². The summed E-state index contributed by atoms with van der Waals surface area (Å²) in [5, 5.41) is 11.1. The summed E-state index contributed by atoms with van der Waals surface area (Å²) in [6, 6.07) is 7.81. The van der Waals surface area contributed by atoms with Gasteiger partial charge in [-0.1, -0.05) is 13.8 Å². The third-order valence-electron chi connectivity index (χ3n) is 5.09. The Balaban J connectivity index is 2.13. The second-order valence-electron chi connectivity index (χ2n) is 7.34. The Morgan fingerprint density at radius 1 is 1.27 bits per heavy atom. The number of ether oxygens (including phenoxy) is 2.